The second-order valence-electron chi connectivity index (χ2n) is 4.71. The molecular weight excluding hydrogens is 322 g/mol. The van der Waals surface area contributed by atoms with Crippen LogP contribution in [-0.4, -0.2) is 25.5 Å². The van der Waals surface area contributed by atoms with Crippen LogP contribution in [0.3, 0.4) is 0 Å². The van der Waals surface area contributed by atoms with Gasteiger partial charge in [0.25, 0.3) is 0 Å². The summed E-state index contributed by atoms with van der Waals surface area (Å²) in [6.45, 7) is 5.04. The quantitative estimate of drug-likeness (QED) is 0.901. The molecule has 6 nitrogen and oxygen atoms in total. The first-order chi connectivity index (χ1) is 9.49. The van der Waals surface area contributed by atoms with Gasteiger partial charge in [-0.25, -0.2) is 0 Å². The van der Waals surface area contributed by atoms with Crippen molar-refractivity contribution in [3.63, 3.8) is 0 Å². The monoisotopic (exact) mass is 339 g/mol. The first-order valence-corrected chi connectivity index (χ1v) is 7.20. The van der Waals surface area contributed by atoms with Gasteiger partial charge in [0.05, 0.1) is 16.9 Å². The predicted octanol–water partition coefficient (Wildman–Crippen LogP) is 1.70. The Morgan fingerprint density at radius 2 is 2.05 bits per heavy atom. The highest BCUT2D eigenvalue weighted by atomic mass is 79.9. The summed E-state index contributed by atoms with van der Waals surface area (Å²) in [5, 5.41) is 11.3. The molecule has 2 heterocycles. The Kier molecular flexibility index (Phi) is 4.59. The predicted molar refractivity (Wildman–Crippen MR) is 79.1 cm³/mol. The number of nitrogens with one attached hydrogen (secondary N) is 1. The first kappa shape index (κ1) is 14.8. The average molecular weight is 340 g/mol. The van der Waals surface area contributed by atoms with E-state index < -0.39 is 0 Å². The van der Waals surface area contributed by atoms with Gasteiger partial charge < -0.3 is 5.32 Å². The topological polar surface area (TPSA) is 64.7 Å². The Morgan fingerprint density at radius 3 is 2.60 bits per heavy atom. The third kappa shape index (κ3) is 3.27. The second kappa shape index (κ2) is 6.21. The van der Waals surface area contributed by atoms with Crippen LogP contribution in [0.5, 0.6) is 0 Å². The van der Waals surface area contributed by atoms with E-state index in [0.717, 1.165) is 21.4 Å². The third-order valence-corrected chi connectivity index (χ3v) is 4.19. The molecule has 0 aliphatic heterocycles. The van der Waals surface area contributed by atoms with E-state index in [0.29, 0.717) is 19.5 Å². The van der Waals surface area contributed by atoms with Crippen LogP contribution in [0.4, 0.5) is 0 Å². The van der Waals surface area contributed by atoms with Gasteiger partial charge in [-0.2, -0.15) is 10.2 Å². The molecule has 0 spiro atoms. The third-order valence-electron chi connectivity index (χ3n) is 3.41. The summed E-state index contributed by atoms with van der Waals surface area (Å²) in [7, 11) is 1.89. The molecule has 0 aromatic carbocycles. The maximum absolute atomic E-state index is 11.8. The molecule has 0 saturated heterocycles. The van der Waals surface area contributed by atoms with Crippen LogP contribution in [0, 0.1) is 13.8 Å². The van der Waals surface area contributed by atoms with Crippen LogP contribution >= 0.6 is 15.9 Å². The lowest BCUT2D eigenvalue weighted by molar-refractivity contribution is -0.121. The molecule has 0 fully saturated rings. The van der Waals surface area contributed by atoms with E-state index in [1.54, 1.807) is 17.1 Å². The molecule has 0 saturated carbocycles. The summed E-state index contributed by atoms with van der Waals surface area (Å²) in [5.74, 6) is 0.0132. The Labute approximate surface area is 126 Å². The molecule has 0 radical (unpaired) electrons. The fraction of sp³-hybridized carbons (Fsp3) is 0.462. The highest BCUT2D eigenvalue weighted by molar-refractivity contribution is 9.10. The van der Waals surface area contributed by atoms with E-state index >= 15 is 0 Å². The normalized spacial score (nSPS) is 10.8. The molecule has 0 bridgehead atoms. The highest BCUT2D eigenvalue weighted by Crippen LogP contribution is 2.14. The fourth-order valence-corrected chi connectivity index (χ4v) is 2.15. The van der Waals surface area contributed by atoms with Gasteiger partial charge in [-0.15, -0.1) is 0 Å². The van der Waals surface area contributed by atoms with Gasteiger partial charge in [-0.3, -0.25) is 14.2 Å². The van der Waals surface area contributed by atoms with Gasteiger partial charge in [-0.05, 0) is 29.8 Å². The zero-order valence-corrected chi connectivity index (χ0v) is 13.4. The standard InChI is InChI=1S/C13H18BrN5O/c1-9-11(7-16-18(9)3)6-15-13(20)4-5-19-10(2)12(14)8-17-19/h7-8H,4-6H2,1-3H3,(H,15,20). The molecule has 7 heteroatoms. The number of aryl methyl sites for hydroxylation is 2. The minimum absolute atomic E-state index is 0.0132. The van der Waals surface area contributed by atoms with Gasteiger partial charge in [0.15, 0.2) is 0 Å². The number of carbonyl (C=O) groups excluding carboxylic acids is 1. The lowest BCUT2D eigenvalue weighted by atomic mass is 10.2. The Bertz CT molecular complexity index is 564. The first-order valence-electron chi connectivity index (χ1n) is 6.41. The van der Waals surface area contributed by atoms with E-state index in [-0.39, 0.29) is 5.91 Å². The zero-order chi connectivity index (χ0) is 14.7. The Hall–Kier alpha value is -1.63. The van der Waals surface area contributed by atoms with Gasteiger partial charge in [0.2, 0.25) is 5.91 Å². The van der Waals surface area contributed by atoms with E-state index in [1.165, 1.54) is 0 Å². The molecule has 108 valence electrons. The summed E-state index contributed by atoms with van der Waals surface area (Å²) < 4.78 is 4.58. The Morgan fingerprint density at radius 1 is 1.30 bits per heavy atom. The molecular formula is C13H18BrN5O. The molecule has 1 amide bonds. The van der Waals surface area contributed by atoms with Gasteiger partial charge in [0.1, 0.15) is 0 Å². The maximum Gasteiger partial charge on any atom is 0.222 e. The maximum atomic E-state index is 11.8. The number of carbonyl (C=O) groups is 1. The second-order valence-corrected chi connectivity index (χ2v) is 5.56. The highest BCUT2D eigenvalue weighted by Gasteiger charge is 2.08. The smallest absolute Gasteiger partial charge is 0.222 e. The van der Waals surface area contributed by atoms with Gasteiger partial charge in [0, 0.05) is 43.5 Å². The summed E-state index contributed by atoms with van der Waals surface area (Å²) in [6.07, 6.45) is 3.94. The Balaban J connectivity index is 1.81. The summed E-state index contributed by atoms with van der Waals surface area (Å²) >= 11 is 3.40. The minimum Gasteiger partial charge on any atom is -0.352 e. The largest absolute Gasteiger partial charge is 0.352 e. The van der Waals surface area contributed by atoms with Crippen LogP contribution in [0.15, 0.2) is 16.9 Å². The molecule has 0 unspecified atom stereocenters. The molecule has 2 rings (SSSR count). The van der Waals surface area contributed by atoms with Crippen molar-refractivity contribution in [3.8, 4) is 0 Å². The summed E-state index contributed by atoms with van der Waals surface area (Å²) in [5.41, 5.74) is 3.14. The van der Waals surface area contributed by atoms with Crippen LogP contribution in [-0.2, 0) is 24.9 Å². The zero-order valence-electron chi connectivity index (χ0n) is 11.9. The van der Waals surface area contributed by atoms with Crippen LogP contribution in [0.2, 0.25) is 0 Å². The molecule has 2 aromatic rings. The van der Waals surface area contributed by atoms with Crippen molar-refractivity contribution in [2.45, 2.75) is 33.4 Å². The van der Waals surface area contributed by atoms with E-state index in [4.69, 9.17) is 0 Å². The number of aromatic nitrogens is 4. The lowest BCUT2D eigenvalue weighted by Crippen LogP contribution is -2.24. The number of hydrogen-bond acceptors (Lipinski definition) is 3. The molecule has 20 heavy (non-hydrogen) atoms. The van der Waals surface area contributed by atoms with Crippen molar-refractivity contribution >= 4 is 21.8 Å². The van der Waals surface area contributed by atoms with Crippen LogP contribution < -0.4 is 5.32 Å². The fourth-order valence-electron chi connectivity index (χ4n) is 1.86. The van der Waals surface area contributed by atoms with E-state index in [2.05, 4.69) is 31.4 Å². The summed E-state index contributed by atoms with van der Waals surface area (Å²) in [6, 6.07) is 0. The van der Waals surface area contributed by atoms with Gasteiger partial charge in [-0.1, -0.05) is 0 Å². The molecule has 0 aliphatic carbocycles. The minimum atomic E-state index is 0.0132. The van der Waals surface area contributed by atoms with Crippen molar-refractivity contribution in [1.29, 1.82) is 0 Å². The molecule has 0 aliphatic rings. The lowest BCUT2D eigenvalue weighted by Gasteiger charge is -2.06. The molecule has 2 aromatic heterocycles. The van der Waals surface area contributed by atoms with Crippen LogP contribution in [0.1, 0.15) is 23.4 Å². The number of halogens is 1. The molecule has 0 atom stereocenters. The number of amides is 1. The van der Waals surface area contributed by atoms with E-state index in [9.17, 15) is 4.79 Å². The van der Waals surface area contributed by atoms with Crippen molar-refractivity contribution in [3.05, 3.63) is 33.8 Å². The van der Waals surface area contributed by atoms with Crippen molar-refractivity contribution in [1.82, 2.24) is 24.9 Å². The van der Waals surface area contributed by atoms with E-state index in [1.807, 2.05) is 25.6 Å². The van der Waals surface area contributed by atoms with Crippen LogP contribution in [0.25, 0.3) is 0 Å². The number of hydrogen-bond donors (Lipinski definition) is 1. The average Bonchev–Trinajstić information content (AvgIpc) is 2.91. The van der Waals surface area contributed by atoms with Crippen molar-refractivity contribution in [2.75, 3.05) is 0 Å². The SMILES string of the molecule is Cc1c(CNC(=O)CCn2ncc(Br)c2C)cnn1C. The summed E-state index contributed by atoms with van der Waals surface area (Å²) in [4.78, 5) is 11.8. The molecule has 1 N–H and O–H groups in total. The van der Waals surface area contributed by atoms with Crippen molar-refractivity contribution in [2.24, 2.45) is 7.05 Å². The van der Waals surface area contributed by atoms with Gasteiger partial charge >= 0.3 is 0 Å². The number of rotatable bonds is 5. The number of nitrogens with zero attached hydrogens (tertiary/aromatic N) is 4. The van der Waals surface area contributed by atoms with Crippen molar-refractivity contribution < 1.29 is 4.79 Å².